The van der Waals surface area contributed by atoms with Crippen LogP contribution in [0.4, 0.5) is 23.1 Å². The van der Waals surface area contributed by atoms with Crippen molar-refractivity contribution in [2.24, 2.45) is 0 Å². The van der Waals surface area contributed by atoms with Gasteiger partial charge < -0.3 is 15.5 Å². The van der Waals surface area contributed by atoms with Gasteiger partial charge in [-0.15, -0.1) is 0 Å². The van der Waals surface area contributed by atoms with Crippen molar-refractivity contribution in [3.63, 3.8) is 0 Å². The summed E-state index contributed by atoms with van der Waals surface area (Å²) in [5.41, 5.74) is 6.90. The molecule has 13 heteroatoms. The van der Waals surface area contributed by atoms with Crippen molar-refractivity contribution in [1.82, 2.24) is 29.7 Å². The number of piperazine rings is 1. The summed E-state index contributed by atoms with van der Waals surface area (Å²) >= 11 is 6.12. The van der Waals surface area contributed by atoms with Gasteiger partial charge in [0, 0.05) is 31.2 Å². The number of fused-ring (bicyclic) bond motifs is 1. The number of aromatic nitrogens is 6. The van der Waals surface area contributed by atoms with E-state index in [9.17, 15) is 10.1 Å². The van der Waals surface area contributed by atoms with Crippen LogP contribution in [0, 0.1) is 10.1 Å². The lowest BCUT2D eigenvalue weighted by atomic mass is 10.2. The number of nitrogens with zero attached hydrogens (tertiary/aromatic N) is 9. The molecule has 0 radical (unpaired) electrons. The van der Waals surface area contributed by atoms with Gasteiger partial charge in [0.2, 0.25) is 11.6 Å². The average Bonchev–Trinajstić information content (AvgIpc) is 3.23. The molecule has 1 aliphatic rings. The van der Waals surface area contributed by atoms with E-state index in [-0.39, 0.29) is 17.3 Å². The van der Waals surface area contributed by atoms with Crippen LogP contribution >= 0.6 is 11.6 Å². The molecule has 32 heavy (non-hydrogen) atoms. The normalized spacial score (nSPS) is 14.2. The molecule has 162 valence electrons. The SMILES string of the molecule is Nc1ncnc(N2CCN(c3ncnc4c3cnn4-c3cccc(Cl)c3)CC2)c1[N+](=O)[O-]. The van der Waals surface area contributed by atoms with Gasteiger partial charge in [-0.1, -0.05) is 17.7 Å². The second kappa shape index (κ2) is 7.89. The summed E-state index contributed by atoms with van der Waals surface area (Å²) in [6, 6.07) is 7.37. The third-order valence-electron chi connectivity index (χ3n) is 5.29. The number of nitrogens with two attached hydrogens (primary N) is 1. The highest BCUT2D eigenvalue weighted by molar-refractivity contribution is 6.30. The molecule has 4 heterocycles. The van der Waals surface area contributed by atoms with E-state index in [0.29, 0.717) is 36.8 Å². The average molecular weight is 453 g/mol. The lowest BCUT2D eigenvalue weighted by Crippen LogP contribution is -2.47. The van der Waals surface area contributed by atoms with Gasteiger partial charge in [-0.25, -0.2) is 24.6 Å². The minimum Gasteiger partial charge on any atom is -0.378 e. The Morgan fingerprint density at radius 1 is 1.00 bits per heavy atom. The molecule has 0 bridgehead atoms. The fraction of sp³-hybridized carbons (Fsp3) is 0.211. The highest BCUT2D eigenvalue weighted by Gasteiger charge is 2.29. The maximum absolute atomic E-state index is 11.4. The van der Waals surface area contributed by atoms with Gasteiger partial charge in [0.15, 0.2) is 5.65 Å². The molecule has 1 aromatic carbocycles. The smallest absolute Gasteiger partial charge is 0.353 e. The summed E-state index contributed by atoms with van der Waals surface area (Å²) in [7, 11) is 0. The summed E-state index contributed by atoms with van der Waals surface area (Å²) in [6.45, 7) is 2.17. The van der Waals surface area contributed by atoms with Crippen molar-refractivity contribution >= 4 is 45.8 Å². The first-order chi connectivity index (χ1) is 15.5. The van der Waals surface area contributed by atoms with Crippen LogP contribution < -0.4 is 15.5 Å². The van der Waals surface area contributed by atoms with Gasteiger partial charge in [0.1, 0.15) is 18.5 Å². The number of hydrogen-bond acceptors (Lipinski definition) is 10. The monoisotopic (exact) mass is 452 g/mol. The van der Waals surface area contributed by atoms with Gasteiger partial charge >= 0.3 is 5.69 Å². The van der Waals surface area contributed by atoms with Crippen molar-refractivity contribution in [3.05, 3.63) is 58.3 Å². The summed E-state index contributed by atoms with van der Waals surface area (Å²) < 4.78 is 1.72. The summed E-state index contributed by atoms with van der Waals surface area (Å²) in [5, 5.41) is 17.3. The first kappa shape index (κ1) is 19.9. The Morgan fingerprint density at radius 2 is 1.69 bits per heavy atom. The zero-order chi connectivity index (χ0) is 22.2. The number of halogens is 1. The first-order valence-corrected chi connectivity index (χ1v) is 10.1. The van der Waals surface area contributed by atoms with Crippen LogP contribution in [-0.2, 0) is 0 Å². The molecule has 0 amide bonds. The number of benzene rings is 1. The van der Waals surface area contributed by atoms with Crippen LogP contribution in [0.2, 0.25) is 5.02 Å². The predicted molar refractivity (Wildman–Crippen MR) is 119 cm³/mol. The van der Waals surface area contributed by atoms with E-state index in [0.717, 1.165) is 16.9 Å². The molecule has 1 fully saturated rings. The number of hydrogen-bond donors (Lipinski definition) is 1. The van der Waals surface area contributed by atoms with Crippen molar-refractivity contribution in [3.8, 4) is 5.69 Å². The summed E-state index contributed by atoms with van der Waals surface area (Å²) in [6.07, 6.45) is 4.47. The fourth-order valence-electron chi connectivity index (χ4n) is 3.80. The van der Waals surface area contributed by atoms with Crippen LogP contribution in [0.1, 0.15) is 0 Å². The number of nitrogen functional groups attached to an aromatic ring is 1. The van der Waals surface area contributed by atoms with Crippen LogP contribution in [0.5, 0.6) is 0 Å². The third kappa shape index (κ3) is 3.39. The fourth-order valence-corrected chi connectivity index (χ4v) is 3.98. The zero-order valence-corrected chi connectivity index (χ0v) is 17.4. The molecular weight excluding hydrogens is 436 g/mol. The molecule has 3 aromatic heterocycles. The van der Waals surface area contributed by atoms with Gasteiger partial charge in [-0.2, -0.15) is 5.10 Å². The first-order valence-electron chi connectivity index (χ1n) is 9.72. The summed E-state index contributed by atoms with van der Waals surface area (Å²) in [5.74, 6) is 0.830. The number of nitro groups is 1. The molecule has 4 aromatic rings. The number of rotatable bonds is 4. The maximum atomic E-state index is 11.4. The minimum absolute atomic E-state index is 0.145. The van der Waals surface area contributed by atoms with E-state index in [1.54, 1.807) is 16.9 Å². The molecule has 1 saturated heterocycles. The molecule has 0 atom stereocenters. The van der Waals surface area contributed by atoms with E-state index in [4.69, 9.17) is 17.3 Å². The Labute approximate surface area is 186 Å². The molecule has 0 unspecified atom stereocenters. The van der Waals surface area contributed by atoms with E-state index >= 15 is 0 Å². The van der Waals surface area contributed by atoms with E-state index in [1.807, 2.05) is 23.1 Å². The van der Waals surface area contributed by atoms with Crippen molar-refractivity contribution in [1.29, 1.82) is 0 Å². The van der Waals surface area contributed by atoms with Gasteiger partial charge in [-0.05, 0) is 18.2 Å². The largest absolute Gasteiger partial charge is 0.378 e. The lowest BCUT2D eigenvalue weighted by Gasteiger charge is -2.35. The van der Waals surface area contributed by atoms with E-state index in [2.05, 4.69) is 29.9 Å². The molecule has 0 aliphatic carbocycles. The summed E-state index contributed by atoms with van der Waals surface area (Å²) in [4.78, 5) is 31.5. The van der Waals surface area contributed by atoms with Gasteiger partial charge in [-0.3, -0.25) is 10.1 Å². The van der Waals surface area contributed by atoms with Crippen LogP contribution in [-0.4, -0.2) is 60.8 Å². The van der Waals surface area contributed by atoms with Crippen LogP contribution in [0.15, 0.2) is 43.1 Å². The number of anilines is 3. The second-order valence-electron chi connectivity index (χ2n) is 7.13. The minimum atomic E-state index is -0.546. The van der Waals surface area contributed by atoms with Gasteiger partial charge in [0.05, 0.1) is 22.2 Å². The molecule has 0 saturated carbocycles. The Morgan fingerprint density at radius 3 is 2.41 bits per heavy atom. The van der Waals surface area contributed by atoms with Crippen LogP contribution in [0.3, 0.4) is 0 Å². The lowest BCUT2D eigenvalue weighted by molar-refractivity contribution is -0.383. The highest BCUT2D eigenvalue weighted by Crippen LogP contribution is 2.32. The third-order valence-corrected chi connectivity index (χ3v) is 5.53. The van der Waals surface area contributed by atoms with Crippen molar-refractivity contribution < 1.29 is 4.92 Å². The topological polar surface area (TPSA) is 145 Å². The predicted octanol–water partition coefficient (Wildman–Crippen LogP) is 2.08. The zero-order valence-electron chi connectivity index (χ0n) is 16.7. The Hall–Kier alpha value is -4.06. The second-order valence-corrected chi connectivity index (χ2v) is 7.57. The standard InChI is InChI=1S/C19H17ClN10O2/c20-12-2-1-3-13(8-12)29-18-14(9-26-29)17(23-11-24-18)27-4-6-28(7-5-27)19-15(30(31)32)16(21)22-10-25-19/h1-3,8-11H,4-7H2,(H2,21,22,25). The molecule has 12 nitrogen and oxygen atoms in total. The molecule has 5 rings (SSSR count). The molecule has 2 N–H and O–H groups in total. The van der Waals surface area contributed by atoms with E-state index in [1.165, 1.54) is 12.7 Å². The Balaban J connectivity index is 1.42. The molecule has 0 spiro atoms. The Bertz CT molecular complexity index is 1320. The molecule has 1 aliphatic heterocycles. The molecular formula is C19H17ClN10O2. The van der Waals surface area contributed by atoms with Crippen molar-refractivity contribution in [2.75, 3.05) is 41.7 Å². The Kier molecular flexibility index (Phi) is 4.90. The quantitative estimate of drug-likeness (QED) is 0.360. The van der Waals surface area contributed by atoms with Crippen LogP contribution in [0.25, 0.3) is 16.7 Å². The maximum Gasteiger partial charge on any atom is 0.353 e. The van der Waals surface area contributed by atoms with E-state index < -0.39 is 4.92 Å². The van der Waals surface area contributed by atoms with Crippen molar-refractivity contribution in [2.45, 2.75) is 0 Å². The van der Waals surface area contributed by atoms with Gasteiger partial charge in [0.25, 0.3) is 0 Å². The highest BCUT2D eigenvalue weighted by atomic mass is 35.5.